The molecule has 0 aliphatic heterocycles. The molecule has 0 fully saturated rings. The molecule has 0 saturated carbocycles. The van der Waals surface area contributed by atoms with Crippen molar-refractivity contribution in [3.8, 4) is 0 Å². The second-order valence-electron chi connectivity index (χ2n) is 4.38. The Hall–Kier alpha value is -2.73. The third-order valence-electron chi connectivity index (χ3n) is 2.88. The average Bonchev–Trinajstić information content (AvgIpc) is 2.90. The molecule has 0 atom stereocenters. The summed E-state index contributed by atoms with van der Waals surface area (Å²) in [7, 11) is 0. The van der Waals surface area contributed by atoms with Crippen molar-refractivity contribution in [2.75, 3.05) is 5.32 Å². The highest BCUT2D eigenvalue weighted by Crippen LogP contribution is 2.13. The van der Waals surface area contributed by atoms with Crippen molar-refractivity contribution in [3.05, 3.63) is 60.2 Å². The lowest BCUT2D eigenvalue weighted by atomic mass is 10.2. The van der Waals surface area contributed by atoms with Gasteiger partial charge in [-0.25, -0.2) is 4.98 Å². The smallest absolute Gasteiger partial charge is 0.257 e. The summed E-state index contributed by atoms with van der Waals surface area (Å²) in [5.41, 5.74) is 2.28. The Kier molecular flexibility index (Phi) is 3.61. The molecule has 1 heterocycles. The summed E-state index contributed by atoms with van der Waals surface area (Å²) in [4.78, 5) is 19.4. The van der Waals surface area contributed by atoms with Crippen molar-refractivity contribution >= 4 is 40.2 Å². The lowest BCUT2D eigenvalue weighted by Crippen LogP contribution is -2.34. The van der Waals surface area contributed by atoms with Crippen LogP contribution in [0.2, 0.25) is 0 Å². The van der Waals surface area contributed by atoms with Crippen molar-refractivity contribution in [2.45, 2.75) is 0 Å². The third kappa shape index (κ3) is 3.06. The molecule has 3 aromatic rings. The maximum atomic E-state index is 11.9. The molecule has 0 bridgehead atoms. The number of thiocarbonyl (C=S) groups is 1. The summed E-state index contributed by atoms with van der Waals surface area (Å²) >= 11 is 5.11. The number of aromatic nitrogens is 2. The van der Waals surface area contributed by atoms with Crippen LogP contribution in [0.5, 0.6) is 0 Å². The Bertz CT molecular complexity index is 765. The maximum Gasteiger partial charge on any atom is 0.257 e. The van der Waals surface area contributed by atoms with Gasteiger partial charge in [0.1, 0.15) is 0 Å². The van der Waals surface area contributed by atoms with E-state index < -0.39 is 0 Å². The third-order valence-corrected chi connectivity index (χ3v) is 3.09. The molecule has 3 N–H and O–H groups in total. The van der Waals surface area contributed by atoms with Crippen molar-refractivity contribution in [1.82, 2.24) is 15.3 Å². The second-order valence-corrected chi connectivity index (χ2v) is 4.79. The van der Waals surface area contributed by atoms with Gasteiger partial charge in [0.25, 0.3) is 5.91 Å². The fraction of sp³-hybridized carbons (Fsp3) is 0. The van der Waals surface area contributed by atoms with Gasteiger partial charge in [-0.05, 0) is 36.5 Å². The van der Waals surface area contributed by atoms with Crippen molar-refractivity contribution in [2.24, 2.45) is 0 Å². The van der Waals surface area contributed by atoms with E-state index in [0.717, 1.165) is 11.0 Å². The fourth-order valence-electron chi connectivity index (χ4n) is 1.92. The van der Waals surface area contributed by atoms with Gasteiger partial charge < -0.3 is 10.3 Å². The Morgan fingerprint density at radius 2 is 1.76 bits per heavy atom. The van der Waals surface area contributed by atoms with E-state index in [9.17, 15) is 4.79 Å². The number of benzene rings is 2. The zero-order valence-electron chi connectivity index (χ0n) is 11.0. The number of anilines is 1. The van der Waals surface area contributed by atoms with Gasteiger partial charge >= 0.3 is 0 Å². The zero-order valence-corrected chi connectivity index (χ0v) is 11.8. The molecule has 104 valence electrons. The van der Waals surface area contributed by atoms with E-state index >= 15 is 0 Å². The van der Waals surface area contributed by atoms with Gasteiger partial charge in [-0.15, -0.1) is 0 Å². The summed E-state index contributed by atoms with van der Waals surface area (Å²) in [6.07, 6.45) is 0. The van der Waals surface area contributed by atoms with E-state index in [1.165, 1.54) is 0 Å². The van der Waals surface area contributed by atoms with Gasteiger partial charge in [0.2, 0.25) is 5.95 Å². The zero-order chi connectivity index (χ0) is 14.7. The fourth-order valence-corrected chi connectivity index (χ4v) is 2.10. The summed E-state index contributed by atoms with van der Waals surface area (Å²) in [5.74, 6) is 0.235. The van der Waals surface area contributed by atoms with E-state index in [2.05, 4.69) is 20.6 Å². The minimum Gasteiger partial charge on any atom is -0.324 e. The number of hydrogen-bond acceptors (Lipinski definition) is 3. The predicted octanol–water partition coefficient (Wildman–Crippen LogP) is 2.69. The summed E-state index contributed by atoms with van der Waals surface area (Å²) in [6, 6.07) is 16.5. The van der Waals surface area contributed by atoms with E-state index in [4.69, 9.17) is 12.2 Å². The maximum absolute atomic E-state index is 11.9. The number of amides is 1. The van der Waals surface area contributed by atoms with Crippen LogP contribution >= 0.6 is 12.2 Å². The van der Waals surface area contributed by atoms with E-state index in [0.29, 0.717) is 11.5 Å². The largest absolute Gasteiger partial charge is 0.324 e. The number of carbonyl (C=O) groups excluding carboxylic acids is 1. The number of imidazole rings is 1. The lowest BCUT2D eigenvalue weighted by molar-refractivity contribution is 0.0978. The summed E-state index contributed by atoms with van der Waals surface area (Å²) in [6.45, 7) is 0. The van der Waals surface area contributed by atoms with Crippen LogP contribution in [0.1, 0.15) is 10.4 Å². The normalized spacial score (nSPS) is 10.3. The molecule has 1 aromatic heterocycles. The first-order chi connectivity index (χ1) is 10.2. The monoisotopic (exact) mass is 296 g/mol. The molecule has 0 radical (unpaired) electrons. The molecule has 0 spiro atoms. The van der Waals surface area contributed by atoms with Crippen molar-refractivity contribution in [1.29, 1.82) is 0 Å². The van der Waals surface area contributed by atoms with Crippen LogP contribution in [-0.4, -0.2) is 21.0 Å². The van der Waals surface area contributed by atoms with Crippen molar-refractivity contribution in [3.63, 3.8) is 0 Å². The molecule has 3 rings (SSSR count). The van der Waals surface area contributed by atoms with Crippen LogP contribution in [0.25, 0.3) is 11.0 Å². The number of carbonyl (C=O) groups is 1. The molecule has 0 saturated heterocycles. The quantitative estimate of drug-likeness (QED) is 0.636. The molecular weight excluding hydrogens is 284 g/mol. The number of H-pyrrole nitrogens is 1. The number of para-hydroxylation sites is 2. The second kappa shape index (κ2) is 5.72. The SMILES string of the molecule is O=C(NC(=S)Nc1nc2ccccc2[nH]1)c1ccccc1. The van der Waals surface area contributed by atoms with Crippen LogP contribution in [0.15, 0.2) is 54.6 Å². The number of nitrogens with one attached hydrogen (secondary N) is 3. The molecule has 0 aliphatic carbocycles. The lowest BCUT2D eigenvalue weighted by Gasteiger charge is -2.06. The van der Waals surface area contributed by atoms with E-state index in [1.807, 2.05) is 30.3 Å². The van der Waals surface area contributed by atoms with Gasteiger partial charge in [0.15, 0.2) is 5.11 Å². The van der Waals surface area contributed by atoms with E-state index in [-0.39, 0.29) is 11.0 Å². The highest BCUT2D eigenvalue weighted by atomic mass is 32.1. The molecule has 21 heavy (non-hydrogen) atoms. The predicted molar refractivity (Wildman–Crippen MR) is 86.2 cm³/mol. The molecule has 2 aromatic carbocycles. The topological polar surface area (TPSA) is 69.8 Å². The van der Waals surface area contributed by atoms with Gasteiger partial charge in [0.05, 0.1) is 11.0 Å². The Labute approximate surface area is 126 Å². The minimum absolute atomic E-state index is 0.197. The highest BCUT2D eigenvalue weighted by molar-refractivity contribution is 7.80. The number of fused-ring (bicyclic) bond motifs is 1. The van der Waals surface area contributed by atoms with Gasteiger partial charge in [-0.2, -0.15) is 0 Å². The number of hydrogen-bond donors (Lipinski definition) is 3. The van der Waals surface area contributed by atoms with Gasteiger partial charge in [0, 0.05) is 5.56 Å². The van der Waals surface area contributed by atoms with Gasteiger partial charge in [-0.1, -0.05) is 30.3 Å². The molecular formula is C15H12N4OS. The Morgan fingerprint density at radius 3 is 2.52 bits per heavy atom. The Morgan fingerprint density at radius 1 is 1.05 bits per heavy atom. The molecule has 0 unspecified atom stereocenters. The molecule has 5 nitrogen and oxygen atoms in total. The first kappa shape index (κ1) is 13.3. The van der Waals surface area contributed by atoms with Crippen LogP contribution in [0.3, 0.4) is 0 Å². The number of nitrogens with zero attached hydrogens (tertiary/aromatic N) is 1. The summed E-state index contributed by atoms with van der Waals surface area (Å²) in [5, 5.41) is 5.67. The first-order valence-electron chi connectivity index (χ1n) is 6.34. The first-order valence-corrected chi connectivity index (χ1v) is 6.75. The van der Waals surface area contributed by atoms with Gasteiger partial charge in [-0.3, -0.25) is 10.1 Å². The minimum atomic E-state index is -0.260. The highest BCUT2D eigenvalue weighted by Gasteiger charge is 2.08. The van der Waals surface area contributed by atoms with Crippen LogP contribution < -0.4 is 10.6 Å². The molecule has 6 heteroatoms. The molecule has 1 amide bonds. The molecule has 0 aliphatic rings. The average molecular weight is 296 g/mol. The standard InChI is InChI=1S/C15H12N4OS/c20-13(10-6-2-1-3-7-10)18-15(21)19-14-16-11-8-4-5-9-12(11)17-14/h1-9H,(H3,16,17,18,19,20,21). The van der Waals surface area contributed by atoms with Crippen LogP contribution in [0.4, 0.5) is 5.95 Å². The van der Waals surface area contributed by atoms with Crippen LogP contribution in [-0.2, 0) is 0 Å². The Balaban J connectivity index is 1.67. The number of aromatic amines is 1. The van der Waals surface area contributed by atoms with Crippen LogP contribution in [0, 0.1) is 0 Å². The number of rotatable bonds is 2. The van der Waals surface area contributed by atoms with E-state index in [1.54, 1.807) is 24.3 Å². The van der Waals surface area contributed by atoms with Crippen molar-refractivity contribution < 1.29 is 4.79 Å². The summed E-state index contributed by atoms with van der Waals surface area (Å²) < 4.78 is 0.